The summed E-state index contributed by atoms with van der Waals surface area (Å²) in [4.78, 5) is 8.49. The van der Waals surface area contributed by atoms with E-state index in [1.807, 2.05) is 65.6 Å². The summed E-state index contributed by atoms with van der Waals surface area (Å²) in [6.45, 7) is 3.40. The Hall–Kier alpha value is -6.97. The van der Waals surface area contributed by atoms with E-state index in [1.54, 1.807) is 53.7 Å². The van der Waals surface area contributed by atoms with E-state index in [0.717, 1.165) is 53.2 Å². The fourth-order valence-corrected chi connectivity index (χ4v) is 9.17. The van der Waals surface area contributed by atoms with Gasteiger partial charge >= 0.3 is 0 Å². The molecule has 0 saturated carbocycles. The van der Waals surface area contributed by atoms with Crippen LogP contribution in [0.15, 0.2) is 198 Å². The second-order valence-electron chi connectivity index (χ2n) is 15.2. The standard InChI is InChI=1S/C29H27N5.C22H20BrN5O2S/c1-2-7-25(8-3-1)28-11-5-4-9-26(28)19-31-18-16-23-12-14-24(15-13-23)21-34-22-29(32-33-34)27-10-6-17-30-20-27;23-20-5-1-2-6-22(20)31(29,30)25-13-11-17-7-9-18(10-8-17)15-28-16-21(26-27-28)19-4-3-12-24-14-19/h1-15,17,20,22,31H,16,18-19,21H2;1-10,12,14,16,25H,11,13,15H2. The maximum atomic E-state index is 12.4. The smallest absolute Gasteiger partial charge is 0.241 e. The van der Waals surface area contributed by atoms with Gasteiger partial charge in [-0.1, -0.05) is 126 Å². The number of hydrogen-bond acceptors (Lipinski definition) is 9. The third kappa shape index (κ3) is 12.6. The Morgan fingerprint density at radius 2 is 1.03 bits per heavy atom. The van der Waals surface area contributed by atoms with E-state index < -0.39 is 10.0 Å². The Balaban J connectivity index is 0.000000178. The minimum absolute atomic E-state index is 0.240. The molecule has 0 amide bonds. The second kappa shape index (κ2) is 22.1. The fraction of sp³-hybridized carbons (Fsp3) is 0.137. The molecule has 0 radical (unpaired) electrons. The van der Waals surface area contributed by atoms with Gasteiger partial charge in [0, 0.05) is 53.5 Å². The van der Waals surface area contributed by atoms with Gasteiger partial charge in [-0.25, -0.2) is 22.5 Å². The average molecular weight is 944 g/mol. The van der Waals surface area contributed by atoms with Crippen molar-refractivity contribution in [3.63, 3.8) is 0 Å². The number of nitrogens with zero attached hydrogens (tertiary/aromatic N) is 8. The number of hydrogen-bond donors (Lipinski definition) is 2. The summed E-state index contributed by atoms with van der Waals surface area (Å²) in [5, 5.41) is 20.5. The lowest BCUT2D eigenvalue weighted by molar-refractivity contribution is 0.581. The van der Waals surface area contributed by atoms with E-state index >= 15 is 0 Å². The molecule has 2 N–H and O–H groups in total. The predicted octanol–water partition coefficient (Wildman–Crippen LogP) is 9.06. The van der Waals surface area contributed by atoms with Crippen LogP contribution in [-0.4, -0.2) is 61.5 Å². The van der Waals surface area contributed by atoms with Crippen LogP contribution in [-0.2, 0) is 42.5 Å². The lowest BCUT2D eigenvalue weighted by Gasteiger charge is -2.11. The number of rotatable bonds is 17. The molecule has 9 aromatic rings. The highest BCUT2D eigenvalue weighted by atomic mass is 79.9. The van der Waals surface area contributed by atoms with Crippen molar-refractivity contribution >= 4 is 26.0 Å². The van der Waals surface area contributed by atoms with E-state index in [-0.39, 0.29) is 4.90 Å². The van der Waals surface area contributed by atoms with Crippen LogP contribution in [0, 0.1) is 0 Å². The van der Waals surface area contributed by atoms with Crippen LogP contribution in [0.4, 0.5) is 0 Å². The lowest BCUT2D eigenvalue weighted by atomic mass is 10.00. The van der Waals surface area contributed by atoms with Crippen LogP contribution in [0.25, 0.3) is 33.6 Å². The minimum atomic E-state index is -3.55. The fourth-order valence-electron chi connectivity index (χ4n) is 7.14. The van der Waals surface area contributed by atoms with Crippen molar-refractivity contribution in [3.05, 3.63) is 221 Å². The molecule has 0 atom stereocenters. The van der Waals surface area contributed by atoms with Gasteiger partial charge in [0.15, 0.2) is 0 Å². The van der Waals surface area contributed by atoms with Crippen LogP contribution >= 0.6 is 15.9 Å². The molecular weight excluding hydrogens is 897 g/mol. The van der Waals surface area contributed by atoms with Crippen molar-refractivity contribution in [1.29, 1.82) is 0 Å². The van der Waals surface area contributed by atoms with E-state index in [0.29, 0.717) is 30.5 Å². The maximum absolute atomic E-state index is 12.4. The highest BCUT2D eigenvalue weighted by Crippen LogP contribution is 2.24. The van der Waals surface area contributed by atoms with Crippen molar-refractivity contribution in [2.24, 2.45) is 0 Å². The maximum Gasteiger partial charge on any atom is 0.241 e. The van der Waals surface area contributed by atoms with E-state index in [4.69, 9.17) is 0 Å². The average Bonchev–Trinajstić information content (AvgIpc) is 4.03. The zero-order valence-corrected chi connectivity index (χ0v) is 37.9. The molecule has 4 heterocycles. The third-order valence-electron chi connectivity index (χ3n) is 10.6. The van der Waals surface area contributed by atoms with Crippen LogP contribution in [0.3, 0.4) is 0 Å². The van der Waals surface area contributed by atoms with Crippen LogP contribution < -0.4 is 10.0 Å². The summed E-state index contributed by atoms with van der Waals surface area (Å²) in [5.74, 6) is 0. The van der Waals surface area contributed by atoms with Crippen LogP contribution in [0.5, 0.6) is 0 Å². The van der Waals surface area contributed by atoms with Gasteiger partial charge < -0.3 is 5.32 Å². The number of halogens is 1. The summed E-state index contributed by atoms with van der Waals surface area (Å²) < 4.78 is 31.7. The van der Waals surface area contributed by atoms with Crippen molar-refractivity contribution < 1.29 is 8.42 Å². The molecule has 4 aromatic heterocycles. The lowest BCUT2D eigenvalue weighted by Crippen LogP contribution is -2.26. The molecule has 5 aromatic carbocycles. The molecule has 326 valence electrons. The van der Waals surface area contributed by atoms with Gasteiger partial charge in [-0.2, -0.15) is 0 Å². The van der Waals surface area contributed by atoms with Gasteiger partial charge in [0.1, 0.15) is 11.4 Å². The summed E-state index contributed by atoms with van der Waals surface area (Å²) in [5.41, 5.74) is 12.0. The first-order valence-electron chi connectivity index (χ1n) is 21.2. The molecule has 0 aliphatic rings. The van der Waals surface area contributed by atoms with Gasteiger partial charge in [-0.15, -0.1) is 10.2 Å². The van der Waals surface area contributed by atoms with Gasteiger partial charge in [0.05, 0.1) is 30.4 Å². The Morgan fingerprint density at radius 3 is 1.60 bits per heavy atom. The van der Waals surface area contributed by atoms with Gasteiger partial charge in [0.25, 0.3) is 0 Å². The Labute approximate surface area is 387 Å². The van der Waals surface area contributed by atoms with Gasteiger partial charge in [0.2, 0.25) is 10.0 Å². The molecule has 9 rings (SSSR count). The number of aromatic nitrogens is 8. The highest BCUT2D eigenvalue weighted by Gasteiger charge is 2.16. The summed E-state index contributed by atoms with van der Waals surface area (Å²) in [7, 11) is -3.55. The molecule has 14 heteroatoms. The molecule has 0 fully saturated rings. The summed E-state index contributed by atoms with van der Waals surface area (Å²) >= 11 is 3.28. The van der Waals surface area contributed by atoms with Gasteiger partial charge in [-0.3, -0.25) is 9.97 Å². The molecule has 0 aliphatic carbocycles. The predicted molar refractivity (Wildman–Crippen MR) is 258 cm³/mol. The molecule has 0 aliphatic heterocycles. The summed E-state index contributed by atoms with van der Waals surface area (Å²) in [6, 6.07) is 50.4. The Kier molecular flexibility index (Phi) is 15.2. The number of nitrogens with one attached hydrogen (secondary N) is 2. The van der Waals surface area contributed by atoms with Crippen molar-refractivity contribution in [1.82, 2.24) is 50.0 Å². The zero-order valence-electron chi connectivity index (χ0n) is 35.5. The quantitative estimate of drug-likeness (QED) is 0.0855. The Bertz CT molecular complexity index is 2990. The molecular formula is C51H47BrN10O2S. The normalized spacial score (nSPS) is 11.2. The number of pyridine rings is 2. The van der Waals surface area contributed by atoms with E-state index in [2.05, 4.69) is 135 Å². The minimum Gasteiger partial charge on any atom is -0.312 e. The van der Waals surface area contributed by atoms with E-state index in [1.165, 1.54) is 27.8 Å². The Morgan fingerprint density at radius 1 is 0.523 bits per heavy atom. The van der Waals surface area contributed by atoms with Crippen LogP contribution in [0.1, 0.15) is 27.8 Å². The van der Waals surface area contributed by atoms with Crippen molar-refractivity contribution in [2.45, 2.75) is 37.4 Å². The number of sulfonamides is 1. The molecule has 0 bridgehead atoms. The first kappa shape index (κ1) is 44.6. The van der Waals surface area contributed by atoms with Crippen LogP contribution in [0.2, 0.25) is 0 Å². The SMILES string of the molecule is O=S(=O)(NCCc1ccc(Cn2cc(-c3cccnc3)nn2)cc1)c1ccccc1Br.c1ccc(-c2ccccc2CNCCc2ccc(Cn3cc(-c4cccnc4)nn3)cc2)cc1. The molecule has 0 saturated heterocycles. The largest absolute Gasteiger partial charge is 0.312 e. The third-order valence-corrected chi connectivity index (χ3v) is 13.0. The molecule has 65 heavy (non-hydrogen) atoms. The molecule has 12 nitrogen and oxygen atoms in total. The topological polar surface area (TPSA) is 145 Å². The van der Waals surface area contributed by atoms with Crippen molar-refractivity contribution in [3.8, 4) is 33.6 Å². The first-order chi connectivity index (χ1) is 31.9. The van der Waals surface area contributed by atoms with Gasteiger partial charge in [-0.05, 0) is 111 Å². The van der Waals surface area contributed by atoms with Crippen molar-refractivity contribution in [2.75, 3.05) is 13.1 Å². The second-order valence-corrected chi connectivity index (χ2v) is 17.8. The zero-order chi connectivity index (χ0) is 44.7. The highest BCUT2D eigenvalue weighted by molar-refractivity contribution is 9.10. The first-order valence-corrected chi connectivity index (χ1v) is 23.5. The number of benzene rings is 5. The molecule has 0 unspecified atom stereocenters. The molecule has 0 spiro atoms. The summed E-state index contributed by atoms with van der Waals surface area (Å²) in [6.07, 6.45) is 12.5. The monoisotopic (exact) mass is 942 g/mol. The van der Waals surface area contributed by atoms with E-state index in [9.17, 15) is 8.42 Å².